The first-order chi connectivity index (χ1) is 19.7. The highest BCUT2D eigenvalue weighted by molar-refractivity contribution is 5.93. The summed E-state index contributed by atoms with van der Waals surface area (Å²) in [5.74, 6) is -0.779. The van der Waals surface area contributed by atoms with Gasteiger partial charge < -0.3 is 29.8 Å². The Morgan fingerprint density at radius 1 is 1.24 bits per heavy atom. The lowest BCUT2D eigenvalue weighted by Crippen LogP contribution is -2.55. The van der Waals surface area contributed by atoms with Gasteiger partial charge in [-0.1, -0.05) is 18.2 Å². The van der Waals surface area contributed by atoms with E-state index < -0.39 is 18.2 Å². The van der Waals surface area contributed by atoms with E-state index in [0.29, 0.717) is 37.4 Å². The minimum absolute atomic E-state index is 0.0113. The molecule has 4 rings (SSSR count). The lowest BCUT2D eigenvalue weighted by molar-refractivity contribution is -0.553. The average Bonchev–Trinajstić information content (AvgIpc) is 3.64. The van der Waals surface area contributed by atoms with Crippen LogP contribution in [0.5, 0.6) is 0 Å². The first kappa shape index (κ1) is 30.1. The van der Waals surface area contributed by atoms with Crippen LogP contribution in [0.2, 0.25) is 0 Å². The van der Waals surface area contributed by atoms with E-state index in [2.05, 4.69) is 15.6 Å². The number of hydrogen-bond donors (Lipinski definition) is 3. The molecule has 3 heterocycles. The fourth-order valence-electron chi connectivity index (χ4n) is 5.09. The summed E-state index contributed by atoms with van der Waals surface area (Å²) in [5.41, 5.74) is 1.91. The molecule has 2 amide bonds. The molecule has 1 aromatic carbocycles. The fourth-order valence-corrected chi connectivity index (χ4v) is 5.09. The molecule has 1 aliphatic rings. The number of pyridine rings is 1. The molecular weight excluding hydrogens is 527 g/mol. The van der Waals surface area contributed by atoms with Gasteiger partial charge in [0.1, 0.15) is 23.7 Å². The third-order valence-corrected chi connectivity index (χ3v) is 7.80. The Bertz CT molecular complexity index is 1340. The first-order valence-corrected chi connectivity index (χ1v) is 14.0. The quantitative estimate of drug-likeness (QED) is 0.229. The van der Waals surface area contributed by atoms with Crippen molar-refractivity contribution < 1.29 is 28.4 Å². The molecule has 0 radical (unpaired) electrons. The second-order valence-corrected chi connectivity index (χ2v) is 10.5. The number of aliphatic hydroxyl groups is 1. The van der Waals surface area contributed by atoms with Crippen LogP contribution in [-0.4, -0.2) is 99.7 Å². The first-order valence-electron chi connectivity index (χ1n) is 14.0. The van der Waals surface area contributed by atoms with Gasteiger partial charge >= 0.3 is 5.90 Å². The average molecular weight is 568 g/mol. The highest BCUT2D eigenvalue weighted by Crippen LogP contribution is 2.18. The van der Waals surface area contributed by atoms with Crippen LogP contribution in [0.15, 0.2) is 54.9 Å². The summed E-state index contributed by atoms with van der Waals surface area (Å²) < 4.78 is 22.6. The molecule has 0 bridgehead atoms. The molecule has 4 atom stereocenters. The third kappa shape index (κ3) is 7.28. The molecular formula is C30H40FN6O4+. The lowest BCUT2D eigenvalue weighted by atomic mass is 10.1. The van der Waals surface area contributed by atoms with Crippen LogP contribution in [0, 0.1) is 5.82 Å². The van der Waals surface area contributed by atoms with Gasteiger partial charge in [-0.2, -0.15) is 4.58 Å². The van der Waals surface area contributed by atoms with Gasteiger partial charge in [0.2, 0.25) is 5.91 Å². The second-order valence-electron chi connectivity index (χ2n) is 10.5. The van der Waals surface area contributed by atoms with Crippen molar-refractivity contribution >= 4 is 23.4 Å². The summed E-state index contributed by atoms with van der Waals surface area (Å²) in [7, 11) is 3.23. The van der Waals surface area contributed by atoms with Crippen molar-refractivity contribution in [2.24, 2.45) is 0 Å². The summed E-state index contributed by atoms with van der Waals surface area (Å²) in [6, 6.07) is 10.4. The van der Waals surface area contributed by atoms with Crippen molar-refractivity contribution in [3.05, 3.63) is 71.9 Å². The van der Waals surface area contributed by atoms with E-state index in [-0.39, 0.29) is 29.6 Å². The van der Waals surface area contributed by atoms with Gasteiger partial charge in [0, 0.05) is 38.9 Å². The Hall–Kier alpha value is -3.83. The Morgan fingerprint density at radius 2 is 2.00 bits per heavy atom. The van der Waals surface area contributed by atoms with Crippen molar-refractivity contribution in [1.29, 1.82) is 0 Å². The molecule has 220 valence electrons. The summed E-state index contributed by atoms with van der Waals surface area (Å²) in [6.07, 6.45) is 5.17. The molecule has 3 aromatic rings. The van der Waals surface area contributed by atoms with E-state index in [9.17, 15) is 19.1 Å². The summed E-state index contributed by atoms with van der Waals surface area (Å²) in [6.45, 7) is 4.83. The number of aromatic nitrogens is 2. The van der Waals surface area contributed by atoms with Crippen LogP contribution < -0.4 is 10.6 Å². The van der Waals surface area contributed by atoms with E-state index >= 15 is 0 Å². The summed E-state index contributed by atoms with van der Waals surface area (Å²) >= 11 is 0. The summed E-state index contributed by atoms with van der Waals surface area (Å²) in [4.78, 5) is 32.8. The molecule has 1 aliphatic heterocycles. The van der Waals surface area contributed by atoms with E-state index in [0.717, 1.165) is 18.4 Å². The Morgan fingerprint density at radius 3 is 2.68 bits per heavy atom. The summed E-state index contributed by atoms with van der Waals surface area (Å²) in [5, 5.41) is 17.3. The number of likely N-dealkylation sites (N-methyl/N-ethyl adjacent to an activating group) is 1. The van der Waals surface area contributed by atoms with Crippen molar-refractivity contribution in [3.63, 3.8) is 0 Å². The standard InChI is InChI=1S/C30H39FN6O4/c1-20(32-3)28(38)34-27(21(2)41-4)30(40)37-16-7-8-24(37)18-36(17-14-22-10-12-23(31)13-11-22)29(39)25-19-35-15-6-5-9-26(35)33-25/h5-6,9-13,15,19-21,24,27,32H,7-8,14,16-18H2,1-4H3,(H,34,38)/p+1/t20-,21+,24-,27-/m0/s1. The highest BCUT2D eigenvalue weighted by Gasteiger charge is 2.40. The maximum atomic E-state index is 13.8. The molecule has 2 aromatic heterocycles. The van der Waals surface area contributed by atoms with Crippen molar-refractivity contribution in [2.45, 2.75) is 57.3 Å². The Labute approximate surface area is 239 Å². The predicted molar refractivity (Wildman–Crippen MR) is 154 cm³/mol. The number of benzene rings is 1. The normalized spacial score (nSPS) is 18.6. The number of fused-ring (bicyclic) bond motifs is 1. The topological polar surface area (TPSA) is 111 Å². The fraction of sp³-hybridized carbons (Fsp3) is 0.467. The SMILES string of the molecule is CN[C@@H](C)C(=O)N[C@H](C(O)=[N+]1CCC[C@H]1CN(CCc1ccc(F)cc1)C(=O)c1cn2ccccc2n1)[C@@H](C)OC. The second kappa shape index (κ2) is 13.7. The zero-order valence-electron chi connectivity index (χ0n) is 24.1. The van der Waals surface area contributed by atoms with Crippen LogP contribution in [0.1, 0.15) is 42.7 Å². The molecule has 1 fully saturated rings. The predicted octanol–water partition coefficient (Wildman–Crippen LogP) is 2.42. The molecule has 0 aliphatic carbocycles. The van der Waals surface area contributed by atoms with Crippen LogP contribution in [0.25, 0.3) is 5.65 Å². The van der Waals surface area contributed by atoms with Gasteiger partial charge in [-0.05, 0) is 57.1 Å². The number of nitrogens with zero attached hydrogens (tertiary/aromatic N) is 4. The number of carbonyl (C=O) groups is 2. The van der Waals surface area contributed by atoms with E-state index in [1.54, 1.807) is 48.5 Å². The van der Waals surface area contributed by atoms with Gasteiger partial charge in [0.15, 0.2) is 12.1 Å². The van der Waals surface area contributed by atoms with E-state index in [1.165, 1.54) is 19.2 Å². The minimum atomic E-state index is -0.759. The maximum absolute atomic E-state index is 13.8. The number of hydrogen-bond acceptors (Lipinski definition) is 5. The molecule has 11 heteroatoms. The molecule has 0 spiro atoms. The molecule has 0 unspecified atom stereocenters. The monoisotopic (exact) mass is 567 g/mol. The van der Waals surface area contributed by atoms with Gasteiger partial charge in [-0.15, -0.1) is 0 Å². The zero-order chi connectivity index (χ0) is 29.5. The molecule has 1 saturated heterocycles. The van der Waals surface area contributed by atoms with E-state index in [1.807, 2.05) is 29.0 Å². The zero-order valence-corrected chi connectivity index (χ0v) is 24.1. The molecule has 0 saturated carbocycles. The Balaban J connectivity index is 1.61. The van der Waals surface area contributed by atoms with Gasteiger partial charge in [0.25, 0.3) is 5.91 Å². The number of halogens is 1. The maximum Gasteiger partial charge on any atom is 0.360 e. The Kier molecular flexibility index (Phi) is 10.1. The number of rotatable bonds is 12. The third-order valence-electron chi connectivity index (χ3n) is 7.80. The lowest BCUT2D eigenvalue weighted by Gasteiger charge is -2.26. The van der Waals surface area contributed by atoms with Crippen molar-refractivity contribution in [3.8, 4) is 0 Å². The largest absolute Gasteiger partial charge is 0.462 e. The number of amides is 2. The van der Waals surface area contributed by atoms with Gasteiger partial charge in [0.05, 0.1) is 18.7 Å². The van der Waals surface area contributed by atoms with Gasteiger partial charge in [-0.3, -0.25) is 9.59 Å². The number of imidazole rings is 1. The van der Waals surface area contributed by atoms with Crippen LogP contribution in [0.3, 0.4) is 0 Å². The van der Waals surface area contributed by atoms with E-state index in [4.69, 9.17) is 4.74 Å². The number of carbonyl (C=O) groups excluding carboxylic acids is 2. The highest BCUT2D eigenvalue weighted by atomic mass is 19.1. The van der Waals surface area contributed by atoms with Crippen molar-refractivity contribution in [2.75, 3.05) is 33.8 Å². The van der Waals surface area contributed by atoms with Crippen LogP contribution in [-0.2, 0) is 16.0 Å². The van der Waals surface area contributed by atoms with Crippen LogP contribution >= 0.6 is 0 Å². The number of methoxy groups -OCH3 is 1. The molecule has 10 nitrogen and oxygen atoms in total. The van der Waals surface area contributed by atoms with Gasteiger partial charge in [-0.25, -0.2) is 9.37 Å². The number of aliphatic hydroxyl groups excluding tert-OH is 1. The molecule has 41 heavy (non-hydrogen) atoms. The smallest absolute Gasteiger partial charge is 0.360 e. The van der Waals surface area contributed by atoms with Crippen molar-refractivity contribution in [1.82, 2.24) is 24.9 Å². The van der Waals surface area contributed by atoms with Crippen LogP contribution in [0.4, 0.5) is 4.39 Å². The number of ether oxygens (including phenoxy) is 1. The molecule has 3 N–H and O–H groups in total. The minimum Gasteiger partial charge on any atom is -0.462 e. The number of nitrogens with one attached hydrogen (secondary N) is 2.